The molecule has 0 spiro atoms. The van der Waals surface area contributed by atoms with Gasteiger partial charge in [0, 0.05) is 30.3 Å². The predicted octanol–water partition coefficient (Wildman–Crippen LogP) is 2.52. The van der Waals surface area contributed by atoms with E-state index < -0.39 is 0 Å². The van der Waals surface area contributed by atoms with Crippen molar-refractivity contribution in [3.8, 4) is 5.75 Å². The molecule has 1 aliphatic rings. The summed E-state index contributed by atoms with van der Waals surface area (Å²) in [6.45, 7) is 6.35. The van der Waals surface area contributed by atoms with Crippen LogP contribution in [0.15, 0.2) is 18.2 Å². The maximum absolute atomic E-state index is 13.8. The first-order valence-corrected chi connectivity index (χ1v) is 6.90. The standard InChI is InChI=1S/C15H23FN2O/c1-10-9-18(3)7-6-15(10)17-11(2)13-5-4-12(19)8-14(13)16/h4-5,8,10-11,15,17,19H,6-7,9H2,1-3H3. The number of aromatic hydroxyl groups is 1. The van der Waals surface area contributed by atoms with E-state index in [1.165, 1.54) is 12.1 Å². The van der Waals surface area contributed by atoms with Gasteiger partial charge in [-0.1, -0.05) is 13.0 Å². The number of nitrogens with one attached hydrogen (secondary N) is 1. The minimum Gasteiger partial charge on any atom is -0.508 e. The fraction of sp³-hybridized carbons (Fsp3) is 0.600. The minimum absolute atomic E-state index is 0.0268. The Bertz CT molecular complexity index is 438. The molecule has 0 aliphatic carbocycles. The third kappa shape index (κ3) is 3.45. The van der Waals surface area contributed by atoms with Crippen molar-refractivity contribution < 1.29 is 9.50 Å². The molecule has 1 fully saturated rings. The number of piperidine rings is 1. The van der Waals surface area contributed by atoms with Gasteiger partial charge in [0.2, 0.25) is 0 Å². The second-order valence-corrected chi connectivity index (χ2v) is 5.73. The normalized spacial score (nSPS) is 26.3. The smallest absolute Gasteiger partial charge is 0.131 e. The molecular weight excluding hydrogens is 243 g/mol. The van der Waals surface area contributed by atoms with E-state index in [2.05, 4.69) is 24.2 Å². The van der Waals surface area contributed by atoms with Gasteiger partial charge in [0.25, 0.3) is 0 Å². The molecule has 106 valence electrons. The summed E-state index contributed by atoms with van der Waals surface area (Å²) in [5, 5.41) is 12.8. The average molecular weight is 266 g/mol. The van der Waals surface area contributed by atoms with Crippen molar-refractivity contribution in [2.45, 2.75) is 32.4 Å². The van der Waals surface area contributed by atoms with Crippen LogP contribution in [0.2, 0.25) is 0 Å². The van der Waals surface area contributed by atoms with E-state index in [-0.39, 0.29) is 17.6 Å². The van der Waals surface area contributed by atoms with Gasteiger partial charge in [0.05, 0.1) is 0 Å². The summed E-state index contributed by atoms with van der Waals surface area (Å²) >= 11 is 0. The van der Waals surface area contributed by atoms with Crippen molar-refractivity contribution in [1.29, 1.82) is 0 Å². The van der Waals surface area contributed by atoms with Gasteiger partial charge >= 0.3 is 0 Å². The molecule has 0 radical (unpaired) electrons. The maximum atomic E-state index is 13.8. The average Bonchev–Trinajstić information content (AvgIpc) is 2.32. The van der Waals surface area contributed by atoms with E-state index in [9.17, 15) is 9.50 Å². The topological polar surface area (TPSA) is 35.5 Å². The summed E-state index contributed by atoms with van der Waals surface area (Å²) in [6.07, 6.45) is 1.09. The van der Waals surface area contributed by atoms with Crippen LogP contribution in [-0.4, -0.2) is 36.2 Å². The van der Waals surface area contributed by atoms with E-state index in [0.717, 1.165) is 19.5 Å². The Hall–Kier alpha value is -1.13. The van der Waals surface area contributed by atoms with E-state index in [4.69, 9.17) is 0 Å². The Morgan fingerprint density at radius 1 is 1.47 bits per heavy atom. The lowest BCUT2D eigenvalue weighted by Gasteiger charge is -2.37. The molecule has 2 rings (SSSR count). The highest BCUT2D eigenvalue weighted by atomic mass is 19.1. The van der Waals surface area contributed by atoms with Crippen molar-refractivity contribution in [3.05, 3.63) is 29.6 Å². The van der Waals surface area contributed by atoms with Crippen molar-refractivity contribution in [2.24, 2.45) is 5.92 Å². The monoisotopic (exact) mass is 266 g/mol. The van der Waals surface area contributed by atoms with Gasteiger partial charge in [-0.25, -0.2) is 4.39 Å². The van der Waals surface area contributed by atoms with Crippen molar-refractivity contribution in [3.63, 3.8) is 0 Å². The number of nitrogens with zero attached hydrogens (tertiary/aromatic N) is 1. The third-order valence-corrected chi connectivity index (χ3v) is 4.02. The molecule has 3 unspecified atom stereocenters. The Kier molecular flexibility index (Phi) is 4.42. The first-order chi connectivity index (χ1) is 8.97. The molecule has 1 aliphatic heterocycles. The van der Waals surface area contributed by atoms with Gasteiger partial charge in [-0.15, -0.1) is 0 Å². The van der Waals surface area contributed by atoms with Crippen LogP contribution in [0.1, 0.15) is 31.9 Å². The molecule has 0 bridgehead atoms. The fourth-order valence-corrected chi connectivity index (χ4v) is 2.88. The van der Waals surface area contributed by atoms with Gasteiger partial charge in [-0.3, -0.25) is 0 Å². The van der Waals surface area contributed by atoms with E-state index in [1.54, 1.807) is 6.07 Å². The molecule has 3 nitrogen and oxygen atoms in total. The number of benzene rings is 1. The number of phenols is 1. The fourth-order valence-electron chi connectivity index (χ4n) is 2.88. The minimum atomic E-state index is -0.347. The van der Waals surface area contributed by atoms with Gasteiger partial charge in [-0.05, 0) is 38.9 Å². The van der Waals surface area contributed by atoms with Crippen LogP contribution in [0.25, 0.3) is 0 Å². The molecule has 1 aromatic carbocycles. The number of likely N-dealkylation sites (tertiary alicyclic amines) is 1. The van der Waals surface area contributed by atoms with Crippen LogP contribution in [0.4, 0.5) is 4.39 Å². The zero-order valence-electron chi connectivity index (χ0n) is 11.9. The lowest BCUT2D eigenvalue weighted by molar-refractivity contribution is 0.167. The van der Waals surface area contributed by atoms with Gasteiger partial charge in [-0.2, -0.15) is 0 Å². The quantitative estimate of drug-likeness (QED) is 0.882. The number of phenolic OH excluding ortho intramolecular Hbond substituents is 1. The first-order valence-electron chi connectivity index (χ1n) is 6.90. The molecule has 1 aromatic rings. The highest BCUT2D eigenvalue weighted by Crippen LogP contribution is 2.24. The Morgan fingerprint density at radius 3 is 2.84 bits per heavy atom. The van der Waals surface area contributed by atoms with Crippen LogP contribution in [0.3, 0.4) is 0 Å². The highest BCUT2D eigenvalue weighted by Gasteiger charge is 2.26. The largest absolute Gasteiger partial charge is 0.508 e. The molecule has 0 saturated carbocycles. The maximum Gasteiger partial charge on any atom is 0.131 e. The van der Waals surface area contributed by atoms with Crippen LogP contribution in [0.5, 0.6) is 5.75 Å². The van der Waals surface area contributed by atoms with Crippen molar-refractivity contribution >= 4 is 0 Å². The molecule has 4 heteroatoms. The lowest BCUT2D eigenvalue weighted by Crippen LogP contribution is -2.47. The van der Waals surface area contributed by atoms with Gasteiger partial charge in [0.1, 0.15) is 11.6 Å². The molecule has 1 heterocycles. The van der Waals surface area contributed by atoms with Gasteiger partial charge < -0.3 is 15.3 Å². The second kappa shape index (κ2) is 5.88. The molecular formula is C15H23FN2O. The molecule has 1 saturated heterocycles. The molecule has 2 N–H and O–H groups in total. The first kappa shape index (κ1) is 14.3. The van der Waals surface area contributed by atoms with Crippen LogP contribution in [-0.2, 0) is 0 Å². The number of hydrogen-bond donors (Lipinski definition) is 2. The molecule has 0 aromatic heterocycles. The van der Waals surface area contributed by atoms with E-state index >= 15 is 0 Å². The van der Waals surface area contributed by atoms with Crippen LogP contribution < -0.4 is 5.32 Å². The van der Waals surface area contributed by atoms with Crippen LogP contribution >= 0.6 is 0 Å². The summed E-state index contributed by atoms with van der Waals surface area (Å²) in [5.41, 5.74) is 0.615. The van der Waals surface area contributed by atoms with Gasteiger partial charge in [0.15, 0.2) is 0 Å². The Balaban J connectivity index is 2.02. The second-order valence-electron chi connectivity index (χ2n) is 5.73. The molecule has 3 atom stereocenters. The molecule has 0 amide bonds. The summed E-state index contributed by atoms with van der Waals surface area (Å²) in [6, 6.07) is 4.73. The zero-order valence-corrected chi connectivity index (χ0v) is 11.9. The zero-order chi connectivity index (χ0) is 14.0. The van der Waals surface area contributed by atoms with Crippen molar-refractivity contribution in [2.75, 3.05) is 20.1 Å². The van der Waals surface area contributed by atoms with Crippen LogP contribution in [0, 0.1) is 11.7 Å². The lowest BCUT2D eigenvalue weighted by atomic mass is 9.92. The number of hydrogen-bond acceptors (Lipinski definition) is 3. The predicted molar refractivity (Wildman–Crippen MR) is 74.7 cm³/mol. The summed E-state index contributed by atoms with van der Waals surface area (Å²) in [5.74, 6) is 0.183. The number of rotatable bonds is 3. The number of halogens is 1. The summed E-state index contributed by atoms with van der Waals surface area (Å²) in [4.78, 5) is 2.33. The Morgan fingerprint density at radius 2 is 2.21 bits per heavy atom. The van der Waals surface area contributed by atoms with Crippen molar-refractivity contribution in [1.82, 2.24) is 10.2 Å². The SMILES string of the molecule is CC(NC1CCN(C)CC1C)c1ccc(O)cc1F. The molecule has 19 heavy (non-hydrogen) atoms. The highest BCUT2D eigenvalue weighted by molar-refractivity contribution is 5.29. The third-order valence-electron chi connectivity index (χ3n) is 4.02. The summed E-state index contributed by atoms with van der Waals surface area (Å²) in [7, 11) is 2.13. The van der Waals surface area contributed by atoms with E-state index in [1.807, 2.05) is 6.92 Å². The van der Waals surface area contributed by atoms with E-state index in [0.29, 0.717) is 17.5 Å². The summed E-state index contributed by atoms with van der Waals surface area (Å²) < 4.78 is 13.8. The Labute approximate surface area is 114 Å².